The lowest BCUT2D eigenvalue weighted by Gasteiger charge is -2.26. The molecule has 0 amide bonds. The van der Waals surface area contributed by atoms with Gasteiger partial charge in [-0.1, -0.05) is 31.5 Å². The monoisotopic (exact) mass is 248 g/mol. The molecule has 0 spiro atoms. The summed E-state index contributed by atoms with van der Waals surface area (Å²) in [6.07, 6.45) is 1.19. The number of rotatable bonds is 6. The molecule has 0 saturated heterocycles. The minimum Gasteiger partial charge on any atom is -0.323 e. The Balaban J connectivity index is 2.86. The van der Waals surface area contributed by atoms with Crippen molar-refractivity contribution in [2.75, 3.05) is 19.6 Å². The van der Waals surface area contributed by atoms with Crippen molar-refractivity contribution >= 4 is 0 Å². The molecule has 0 aliphatic carbocycles. The molecule has 0 fully saturated rings. The number of benzene rings is 1. The Morgan fingerprint density at radius 3 is 2.11 bits per heavy atom. The third-order valence-electron chi connectivity index (χ3n) is 3.55. The van der Waals surface area contributed by atoms with Crippen molar-refractivity contribution in [3.05, 3.63) is 34.4 Å². The highest BCUT2D eigenvalue weighted by Gasteiger charge is 2.15. The molecule has 0 radical (unpaired) electrons. The van der Waals surface area contributed by atoms with Crippen LogP contribution in [0.2, 0.25) is 0 Å². The highest BCUT2D eigenvalue weighted by atomic mass is 15.1. The number of aryl methyl sites for hydroxylation is 3. The second-order valence-electron chi connectivity index (χ2n) is 5.31. The van der Waals surface area contributed by atoms with Crippen molar-refractivity contribution in [2.45, 2.75) is 47.1 Å². The van der Waals surface area contributed by atoms with E-state index in [2.05, 4.69) is 51.7 Å². The van der Waals surface area contributed by atoms with Gasteiger partial charge >= 0.3 is 0 Å². The molecule has 2 nitrogen and oxygen atoms in total. The molecule has 1 atom stereocenters. The summed E-state index contributed by atoms with van der Waals surface area (Å²) in [5.41, 5.74) is 11.7. The summed E-state index contributed by atoms with van der Waals surface area (Å²) in [5.74, 6) is 0. The third-order valence-corrected chi connectivity index (χ3v) is 3.55. The van der Waals surface area contributed by atoms with Gasteiger partial charge in [-0.25, -0.2) is 0 Å². The van der Waals surface area contributed by atoms with E-state index in [-0.39, 0.29) is 6.04 Å². The summed E-state index contributed by atoms with van der Waals surface area (Å²) in [5, 5.41) is 0. The summed E-state index contributed by atoms with van der Waals surface area (Å²) >= 11 is 0. The summed E-state index contributed by atoms with van der Waals surface area (Å²) in [4.78, 5) is 2.43. The Kier molecular flexibility index (Phi) is 5.83. The zero-order chi connectivity index (χ0) is 13.7. The molecule has 0 aliphatic heterocycles. The van der Waals surface area contributed by atoms with Gasteiger partial charge in [0, 0.05) is 12.6 Å². The molecular formula is C16H28N2. The molecule has 0 aliphatic rings. The predicted molar refractivity (Wildman–Crippen MR) is 80.0 cm³/mol. The van der Waals surface area contributed by atoms with Crippen LogP contribution in [0.3, 0.4) is 0 Å². The first-order chi connectivity index (χ1) is 8.49. The van der Waals surface area contributed by atoms with Crippen LogP contribution in [0.15, 0.2) is 12.1 Å². The molecular weight excluding hydrogens is 220 g/mol. The van der Waals surface area contributed by atoms with Gasteiger partial charge in [-0.2, -0.15) is 0 Å². The van der Waals surface area contributed by atoms with E-state index in [1.54, 1.807) is 0 Å². The molecule has 0 bridgehead atoms. The van der Waals surface area contributed by atoms with Gasteiger partial charge in [0.1, 0.15) is 0 Å². The number of likely N-dealkylation sites (N-methyl/N-ethyl adjacent to an activating group) is 1. The molecule has 1 aromatic carbocycles. The van der Waals surface area contributed by atoms with Gasteiger partial charge in [0.05, 0.1) is 0 Å². The van der Waals surface area contributed by atoms with Gasteiger partial charge in [0.15, 0.2) is 0 Å². The molecule has 1 aromatic rings. The topological polar surface area (TPSA) is 29.3 Å². The predicted octanol–water partition coefficient (Wildman–Crippen LogP) is 3.34. The van der Waals surface area contributed by atoms with E-state index in [9.17, 15) is 0 Å². The fraction of sp³-hybridized carbons (Fsp3) is 0.625. The number of nitrogens with two attached hydrogens (primary N) is 1. The zero-order valence-electron chi connectivity index (χ0n) is 12.6. The molecule has 0 aromatic heterocycles. The Bertz CT molecular complexity index is 362. The smallest absolute Gasteiger partial charge is 0.0429 e. The SMILES string of the molecule is CCCN(CC)CC(N)c1c(C)cc(C)cc1C. The van der Waals surface area contributed by atoms with Crippen molar-refractivity contribution in [3.63, 3.8) is 0 Å². The fourth-order valence-electron chi connectivity index (χ4n) is 2.84. The molecule has 102 valence electrons. The normalized spacial score (nSPS) is 13.1. The quantitative estimate of drug-likeness (QED) is 0.836. The van der Waals surface area contributed by atoms with Crippen LogP contribution in [-0.4, -0.2) is 24.5 Å². The number of hydrogen-bond acceptors (Lipinski definition) is 2. The first kappa shape index (κ1) is 15.2. The zero-order valence-corrected chi connectivity index (χ0v) is 12.6. The summed E-state index contributed by atoms with van der Waals surface area (Å²) in [6, 6.07) is 4.59. The lowest BCUT2D eigenvalue weighted by atomic mass is 9.94. The average molecular weight is 248 g/mol. The van der Waals surface area contributed by atoms with Gasteiger partial charge in [-0.3, -0.25) is 0 Å². The second-order valence-corrected chi connectivity index (χ2v) is 5.31. The maximum atomic E-state index is 6.41. The Hall–Kier alpha value is -0.860. The van der Waals surface area contributed by atoms with Crippen LogP contribution >= 0.6 is 0 Å². The van der Waals surface area contributed by atoms with Crippen LogP contribution in [0.5, 0.6) is 0 Å². The number of hydrogen-bond donors (Lipinski definition) is 1. The molecule has 1 rings (SSSR count). The Morgan fingerprint density at radius 2 is 1.67 bits per heavy atom. The standard InChI is InChI=1S/C16H28N2/c1-6-8-18(7-2)11-15(17)16-13(4)9-12(3)10-14(16)5/h9-10,15H,6-8,11,17H2,1-5H3. The van der Waals surface area contributed by atoms with Crippen molar-refractivity contribution in [1.82, 2.24) is 4.90 Å². The van der Waals surface area contributed by atoms with E-state index in [4.69, 9.17) is 5.73 Å². The largest absolute Gasteiger partial charge is 0.323 e. The first-order valence-electron chi connectivity index (χ1n) is 7.05. The average Bonchev–Trinajstić information content (AvgIpc) is 2.26. The van der Waals surface area contributed by atoms with E-state index in [1.165, 1.54) is 28.7 Å². The second kappa shape index (κ2) is 6.91. The highest BCUT2D eigenvalue weighted by molar-refractivity contribution is 5.39. The lowest BCUT2D eigenvalue weighted by Crippen LogP contribution is -2.33. The minimum absolute atomic E-state index is 0.122. The highest BCUT2D eigenvalue weighted by Crippen LogP contribution is 2.22. The van der Waals surface area contributed by atoms with Crippen LogP contribution in [-0.2, 0) is 0 Å². The van der Waals surface area contributed by atoms with Crippen LogP contribution < -0.4 is 5.73 Å². The van der Waals surface area contributed by atoms with Crippen molar-refractivity contribution in [2.24, 2.45) is 5.73 Å². The van der Waals surface area contributed by atoms with Crippen LogP contribution in [0.4, 0.5) is 0 Å². The van der Waals surface area contributed by atoms with Crippen molar-refractivity contribution < 1.29 is 0 Å². The summed E-state index contributed by atoms with van der Waals surface area (Å²) in [6.45, 7) is 14.1. The molecule has 2 N–H and O–H groups in total. The van der Waals surface area contributed by atoms with E-state index < -0.39 is 0 Å². The van der Waals surface area contributed by atoms with E-state index in [0.717, 1.165) is 19.6 Å². The summed E-state index contributed by atoms with van der Waals surface area (Å²) < 4.78 is 0. The molecule has 1 unspecified atom stereocenters. The minimum atomic E-state index is 0.122. The van der Waals surface area contributed by atoms with Gasteiger partial charge in [-0.05, 0) is 57.0 Å². The maximum absolute atomic E-state index is 6.41. The Labute approximate surface area is 112 Å². The van der Waals surface area contributed by atoms with Gasteiger partial charge in [0.25, 0.3) is 0 Å². The van der Waals surface area contributed by atoms with E-state index in [1.807, 2.05) is 0 Å². The molecule has 0 saturated carbocycles. The third kappa shape index (κ3) is 3.82. The van der Waals surface area contributed by atoms with Crippen LogP contribution in [0.25, 0.3) is 0 Å². The first-order valence-corrected chi connectivity index (χ1v) is 7.05. The molecule has 0 heterocycles. The maximum Gasteiger partial charge on any atom is 0.0429 e. The number of nitrogens with zero attached hydrogens (tertiary/aromatic N) is 1. The van der Waals surface area contributed by atoms with Crippen LogP contribution in [0, 0.1) is 20.8 Å². The summed E-state index contributed by atoms with van der Waals surface area (Å²) in [7, 11) is 0. The van der Waals surface area contributed by atoms with Gasteiger partial charge in [-0.15, -0.1) is 0 Å². The molecule has 2 heteroatoms. The fourth-order valence-corrected chi connectivity index (χ4v) is 2.84. The van der Waals surface area contributed by atoms with Crippen LogP contribution in [0.1, 0.15) is 48.6 Å². The van der Waals surface area contributed by atoms with Crippen molar-refractivity contribution in [1.29, 1.82) is 0 Å². The van der Waals surface area contributed by atoms with Crippen molar-refractivity contribution in [3.8, 4) is 0 Å². The Morgan fingerprint density at radius 1 is 1.11 bits per heavy atom. The molecule has 18 heavy (non-hydrogen) atoms. The van der Waals surface area contributed by atoms with E-state index >= 15 is 0 Å². The van der Waals surface area contributed by atoms with Gasteiger partial charge < -0.3 is 10.6 Å². The van der Waals surface area contributed by atoms with Gasteiger partial charge in [0.2, 0.25) is 0 Å². The lowest BCUT2D eigenvalue weighted by molar-refractivity contribution is 0.270. The van der Waals surface area contributed by atoms with E-state index in [0.29, 0.717) is 0 Å².